The Morgan fingerprint density at radius 1 is 1.11 bits per heavy atom. The van der Waals surface area contributed by atoms with Crippen LogP contribution in [0.3, 0.4) is 0 Å². The van der Waals surface area contributed by atoms with Crippen molar-refractivity contribution >= 4 is 5.97 Å². The Kier molecular flexibility index (Phi) is 4.66. The van der Waals surface area contributed by atoms with Crippen molar-refractivity contribution in [3.8, 4) is 0 Å². The smallest absolute Gasteiger partial charge is 0.312 e. The van der Waals surface area contributed by atoms with E-state index in [0.29, 0.717) is 5.92 Å². The van der Waals surface area contributed by atoms with Crippen LogP contribution >= 0.6 is 0 Å². The molecule has 0 aromatic rings. The maximum Gasteiger partial charge on any atom is 0.312 e. The summed E-state index contributed by atoms with van der Waals surface area (Å²) in [4.78, 5) is 12.4. The minimum absolute atomic E-state index is 0.0168. The van der Waals surface area contributed by atoms with Crippen LogP contribution in [0.15, 0.2) is 0 Å². The molecule has 0 bridgehead atoms. The number of rotatable bonds is 3. The zero-order valence-electron chi connectivity index (χ0n) is 11.8. The second-order valence-corrected chi connectivity index (χ2v) is 6.43. The van der Waals surface area contributed by atoms with Gasteiger partial charge in [0.05, 0.1) is 5.41 Å². The van der Waals surface area contributed by atoms with Crippen LogP contribution in [0.2, 0.25) is 0 Å². The van der Waals surface area contributed by atoms with Gasteiger partial charge in [-0.3, -0.25) is 4.79 Å². The standard InChI is InChI=1S/C15H27NO2/c1-15(2,12-7-6-10-16-11-12)14(17)18-13-8-4-3-5-9-13/h12-13,16H,3-11H2,1-2H3. The van der Waals surface area contributed by atoms with Gasteiger partial charge in [0.15, 0.2) is 0 Å². The van der Waals surface area contributed by atoms with Gasteiger partial charge in [0.25, 0.3) is 0 Å². The van der Waals surface area contributed by atoms with Crippen LogP contribution in [0, 0.1) is 11.3 Å². The fourth-order valence-corrected chi connectivity index (χ4v) is 3.12. The lowest BCUT2D eigenvalue weighted by atomic mass is 9.75. The van der Waals surface area contributed by atoms with Crippen LogP contribution in [0.4, 0.5) is 0 Å². The van der Waals surface area contributed by atoms with Crippen molar-refractivity contribution in [2.24, 2.45) is 11.3 Å². The summed E-state index contributed by atoms with van der Waals surface area (Å²) in [5.41, 5.74) is -0.342. The first-order valence-electron chi connectivity index (χ1n) is 7.52. The van der Waals surface area contributed by atoms with Crippen LogP contribution < -0.4 is 5.32 Å². The van der Waals surface area contributed by atoms with Crippen molar-refractivity contribution in [2.75, 3.05) is 13.1 Å². The van der Waals surface area contributed by atoms with E-state index >= 15 is 0 Å². The summed E-state index contributed by atoms with van der Waals surface area (Å²) in [6.45, 7) is 6.14. The molecule has 1 saturated heterocycles. The lowest BCUT2D eigenvalue weighted by molar-refractivity contribution is -0.164. The van der Waals surface area contributed by atoms with Gasteiger partial charge in [0.1, 0.15) is 6.10 Å². The lowest BCUT2D eigenvalue weighted by Gasteiger charge is -2.36. The summed E-state index contributed by atoms with van der Waals surface area (Å²) >= 11 is 0. The normalized spacial score (nSPS) is 26.9. The molecule has 2 rings (SSSR count). The van der Waals surface area contributed by atoms with E-state index in [1.54, 1.807) is 0 Å². The fraction of sp³-hybridized carbons (Fsp3) is 0.933. The van der Waals surface area contributed by atoms with E-state index in [-0.39, 0.29) is 17.5 Å². The average Bonchev–Trinajstić information content (AvgIpc) is 2.41. The Balaban J connectivity index is 1.88. The quantitative estimate of drug-likeness (QED) is 0.786. The SMILES string of the molecule is CC(C)(C(=O)OC1CCCCC1)C1CCCNC1. The van der Waals surface area contributed by atoms with E-state index in [0.717, 1.165) is 32.4 Å². The van der Waals surface area contributed by atoms with Gasteiger partial charge in [-0.25, -0.2) is 0 Å². The number of hydrogen-bond acceptors (Lipinski definition) is 3. The maximum atomic E-state index is 12.4. The van der Waals surface area contributed by atoms with E-state index in [1.807, 2.05) is 0 Å². The number of carbonyl (C=O) groups is 1. The molecule has 2 fully saturated rings. The van der Waals surface area contributed by atoms with Gasteiger partial charge in [0, 0.05) is 0 Å². The van der Waals surface area contributed by atoms with E-state index in [9.17, 15) is 4.79 Å². The zero-order valence-corrected chi connectivity index (χ0v) is 11.8. The van der Waals surface area contributed by atoms with Gasteiger partial charge in [-0.1, -0.05) is 6.42 Å². The third-order valence-electron chi connectivity index (χ3n) is 4.67. The van der Waals surface area contributed by atoms with Crippen molar-refractivity contribution in [2.45, 2.75) is 64.9 Å². The molecule has 1 atom stereocenters. The molecule has 2 aliphatic rings. The molecule has 0 spiro atoms. The molecule has 0 aromatic heterocycles. The fourth-order valence-electron chi connectivity index (χ4n) is 3.12. The molecule has 1 saturated carbocycles. The number of esters is 1. The maximum absolute atomic E-state index is 12.4. The molecule has 0 radical (unpaired) electrons. The number of hydrogen-bond donors (Lipinski definition) is 1. The summed E-state index contributed by atoms with van der Waals surface area (Å²) in [6, 6.07) is 0. The summed E-state index contributed by atoms with van der Waals surface area (Å²) in [5.74, 6) is 0.436. The minimum atomic E-state index is -0.342. The first-order valence-corrected chi connectivity index (χ1v) is 7.52. The Bertz CT molecular complexity index is 276. The van der Waals surface area contributed by atoms with Crippen molar-refractivity contribution in [3.05, 3.63) is 0 Å². The predicted octanol–water partition coefficient (Wildman–Crippen LogP) is 2.89. The van der Waals surface area contributed by atoms with Gasteiger partial charge in [-0.2, -0.15) is 0 Å². The molecule has 1 unspecified atom stereocenters. The van der Waals surface area contributed by atoms with E-state index in [2.05, 4.69) is 19.2 Å². The van der Waals surface area contributed by atoms with Crippen molar-refractivity contribution in [1.82, 2.24) is 5.32 Å². The first kappa shape index (κ1) is 13.9. The summed E-state index contributed by atoms with van der Waals surface area (Å²) in [5, 5.41) is 3.39. The molecule has 3 nitrogen and oxygen atoms in total. The van der Waals surface area contributed by atoms with E-state index in [4.69, 9.17) is 4.74 Å². The number of nitrogens with one attached hydrogen (secondary N) is 1. The molecule has 0 amide bonds. The van der Waals surface area contributed by atoms with Crippen molar-refractivity contribution < 1.29 is 9.53 Å². The molecular weight excluding hydrogens is 226 g/mol. The lowest BCUT2D eigenvalue weighted by Crippen LogP contribution is -2.44. The molecule has 1 N–H and O–H groups in total. The third kappa shape index (κ3) is 3.25. The molecular formula is C15H27NO2. The third-order valence-corrected chi connectivity index (χ3v) is 4.67. The Hall–Kier alpha value is -0.570. The summed E-state index contributed by atoms with van der Waals surface area (Å²) in [6.07, 6.45) is 8.33. The highest BCUT2D eigenvalue weighted by Crippen LogP contribution is 2.34. The van der Waals surface area contributed by atoms with Crippen LogP contribution in [-0.2, 0) is 9.53 Å². The topological polar surface area (TPSA) is 38.3 Å². The summed E-state index contributed by atoms with van der Waals surface area (Å²) in [7, 11) is 0. The van der Waals surface area contributed by atoms with E-state index in [1.165, 1.54) is 25.7 Å². The van der Waals surface area contributed by atoms with Gasteiger partial charge in [-0.15, -0.1) is 0 Å². The van der Waals surface area contributed by atoms with E-state index < -0.39 is 0 Å². The number of carbonyl (C=O) groups excluding carboxylic acids is 1. The van der Waals surface area contributed by atoms with Crippen LogP contribution in [0.1, 0.15) is 58.8 Å². The zero-order chi connectivity index (χ0) is 13.0. The Labute approximate surface area is 111 Å². The highest BCUT2D eigenvalue weighted by molar-refractivity contribution is 5.76. The van der Waals surface area contributed by atoms with Crippen molar-refractivity contribution in [3.63, 3.8) is 0 Å². The second kappa shape index (κ2) is 6.05. The Morgan fingerprint density at radius 3 is 2.44 bits per heavy atom. The van der Waals surface area contributed by atoms with Crippen LogP contribution in [0.5, 0.6) is 0 Å². The highest BCUT2D eigenvalue weighted by atomic mass is 16.5. The molecule has 3 heteroatoms. The van der Waals surface area contributed by atoms with Gasteiger partial charge in [-0.05, 0) is 71.4 Å². The summed E-state index contributed by atoms with van der Waals surface area (Å²) < 4.78 is 5.74. The monoisotopic (exact) mass is 253 g/mol. The van der Waals surface area contributed by atoms with Gasteiger partial charge < -0.3 is 10.1 Å². The molecule has 1 aliphatic heterocycles. The van der Waals surface area contributed by atoms with Crippen molar-refractivity contribution in [1.29, 1.82) is 0 Å². The molecule has 1 aliphatic carbocycles. The minimum Gasteiger partial charge on any atom is -0.462 e. The van der Waals surface area contributed by atoms with Crippen LogP contribution in [-0.4, -0.2) is 25.2 Å². The molecule has 104 valence electrons. The predicted molar refractivity (Wildman–Crippen MR) is 72.3 cm³/mol. The Morgan fingerprint density at radius 2 is 1.83 bits per heavy atom. The van der Waals surface area contributed by atoms with Gasteiger partial charge >= 0.3 is 5.97 Å². The average molecular weight is 253 g/mol. The second-order valence-electron chi connectivity index (χ2n) is 6.43. The largest absolute Gasteiger partial charge is 0.462 e. The molecule has 18 heavy (non-hydrogen) atoms. The molecule has 1 heterocycles. The highest BCUT2D eigenvalue weighted by Gasteiger charge is 2.39. The van der Waals surface area contributed by atoms with Gasteiger partial charge in [0.2, 0.25) is 0 Å². The molecule has 0 aromatic carbocycles. The number of piperidine rings is 1. The van der Waals surface area contributed by atoms with Crippen LogP contribution in [0.25, 0.3) is 0 Å². The first-order chi connectivity index (χ1) is 8.60. The number of ether oxygens (including phenoxy) is 1.